The molecule has 0 spiro atoms. The molecule has 1 aliphatic rings. The van der Waals surface area contributed by atoms with E-state index in [4.69, 9.17) is 0 Å². The zero-order valence-electron chi connectivity index (χ0n) is 20.4. The maximum absolute atomic E-state index is 14.2. The minimum atomic E-state index is -4.71. The van der Waals surface area contributed by atoms with Crippen molar-refractivity contribution >= 4 is 20.9 Å². The number of pyridine rings is 1. The predicted octanol–water partition coefficient (Wildman–Crippen LogP) is 6.49. The number of nitrogens with zero attached hydrogens (tertiary/aromatic N) is 2. The van der Waals surface area contributed by atoms with Gasteiger partial charge in [-0.05, 0) is 36.0 Å². The summed E-state index contributed by atoms with van der Waals surface area (Å²) in [6.45, 7) is 6.04. The quantitative estimate of drug-likeness (QED) is 0.344. The van der Waals surface area contributed by atoms with E-state index in [-0.39, 0.29) is 40.3 Å². The molecule has 1 N–H and O–H groups in total. The van der Waals surface area contributed by atoms with Crippen LogP contribution in [0.4, 0.5) is 26.3 Å². The highest BCUT2D eigenvalue weighted by atomic mass is 32.2. The Kier molecular flexibility index (Phi) is 7.13. The Balaban J connectivity index is 1.85. The van der Waals surface area contributed by atoms with Gasteiger partial charge < -0.3 is 4.57 Å². The first kappa shape index (κ1) is 27.4. The lowest BCUT2D eigenvalue weighted by Gasteiger charge is -2.31. The van der Waals surface area contributed by atoms with Crippen molar-refractivity contribution in [3.05, 3.63) is 54.0 Å². The molecule has 1 aromatic carbocycles. The predicted molar refractivity (Wildman–Crippen MR) is 128 cm³/mol. The van der Waals surface area contributed by atoms with Crippen molar-refractivity contribution in [2.24, 2.45) is 5.41 Å². The summed E-state index contributed by atoms with van der Waals surface area (Å²) in [5, 5.41) is -0.819. The zero-order chi connectivity index (χ0) is 27.3. The van der Waals surface area contributed by atoms with Gasteiger partial charge in [0.2, 0.25) is 10.0 Å². The molecule has 0 radical (unpaired) electrons. The molecule has 37 heavy (non-hydrogen) atoms. The molecule has 5 nitrogen and oxygen atoms in total. The first-order chi connectivity index (χ1) is 17.1. The summed E-state index contributed by atoms with van der Waals surface area (Å²) < 4.78 is 112. The van der Waals surface area contributed by atoms with Gasteiger partial charge in [0.05, 0.1) is 5.25 Å². The van der Waals surface area contributed by atoms with E-state index in [1.807, 2.05) is 20.8 Å². The molecule has 0 aliphatic heterocycles. The third-order valence-electron chi connectivity index (χ3n) is 6.30. The number of halogens is 6. The van der Waals surface area contributed by atoms with Crippen LogP contribution in [0.2, 0.25) is 0 Å². The molecule has 4 rings (SSSR count). The third-order valence-corrected chi connectivity index (χ3v) is 8.14. The number of sulfonamides is 1. The monoisotopic (exact) mass is 547 g/mol. The summed E-state index contributed by atoms with van der Waals surface area (Å²) in [7, 11) is -4.23. The van der Waals surface area contributed by atoms with Crippen LogP contribution in [0, 0.1) is 5.41 Å². The van der Waals surface area contributed by atoms with Gasteiger partial charge in [0.25, 0.3) is 6.43 Å². The standard InChI is InChI=1S/C25H27F6N3O2S/c1-24(2,3)13-34-12-19(21(23(27)28)33-37(35,36)16-10-15(26)11-16)18-7-6-14(9-20(18)34)17-5-4-8-32-22(17)25(29,30)31/h4-9,12,15-16,21,23,33H,10-11,13H2,1-3H3. The van der Waals surface area contributed by atoms with Crippen LogP contribution in [-0.2, 0) is 22.7 Å². The highest BCUT2D eigenvalue weighted by molar-refractivity contribution is 7.90. The molecule has 1 aliphatic carbocycles. The number of alkyl halides is 6. The van der Waals surface area contributed by atoms with Crippen molar-refractivity contribution in [2.45, 2.75) is 70.2 Å². The van der Waals surface area contributed by atoms with Crippen LogP contribution < -0.4 is 4.72 Å². The van der Waals surface area contributed by atoms with Gasteiger partial charge in [0, 0.05) is 41.0 Å². The Bertz CT molecular complexity index is 1390. The van der Waals surface area contributed by atoms with Gasteiger partial charge in [-0.3, -0.25) is 4.98 Å². The summed E-state index contributed by atoms with van der Waals surface area (Å²) in [4.78, 5) is 3.49. The molecule has 202 valence electrons. The van der Waals surface area contributed by atoms with Gasteiger partial charge in [-0.15, -0.1) is 0 Å². The van der Waals surface area contributed by atoms with Crippen LogP contribution in [0.3, 0.4) is 0 Å². The molecule has 1 atom stereocenters. The van der Waals surface area contributed by atoms with Gasteiger partial charge in [0.15, 0.2) is 5.69 Å². The number of hydrogen-bond acceptors (Lipinski definition) is 3. The third kappa shape index (κ3) is 5.79. The van der Waals surface area contributed by atoms with E-state index >= 15 is 0 Å². The van der Waals surface area contributed by atoms with Crippen LogP contribution in [-0.4, -0.2) is 35.8 Å². The molecule has 0 amide bonds. The number of benzene rings is 1. The average Bonchev–Trinajstić information content (AvgIpc) is 3.10. The fraction of sp³-hybridized carbons (Fsp3) is 0.480. The van der Waals surface area contributed by atoms with Crippen molar-refractivity contribution in [3.8, 4) is 11.1 Å². The van der Waals surface area contributed by atoms with Crippen molar-refractivity contribution < 1.29 is 34.8 Å². The van der Waals surface area contributed by atoms with Crippen molar-refractivity contribution in [3.63, 3.8) is 0 Å². The topological polar surface area (TPSA) is 64.0 Å². The second-order valence-electron chi connectivity index (χ2n) is 10.6. The van der Waals surface area contributed by atoms with Crippen LogP contribution in [0.25, 0.3) is 22.0 Å². The molecular formula is C25H27F6N3O2S. The van der Waals surface area contributed by atoms with E-state index in [0.717, 1.165) is 6.20 Å². The lowest BCUT2D eigenvalue weighted by molar-refractivity contribution is -0.140. The Labute approximate surface area is 210 Å². The summed E-state index contributed by atoms with van der Waals surface area (Å²) in [5.41, 5.74) is -1.04. The van der Waals surface area contributed by atoms with Gasteiger partial charge >= 0.3 is 6.18 Å². The van der Waals surface area contributed by atoms with Crippen molar-refractivity contribution in [2.75, 3.05) is 0 Å². The van der Waals surface area contributed by atoms with Crippen LogP contribution in [0.5, 0.6) is 0 Å². The van der Waals surface area contributed by atoms with Gasteiger partial charge in [-0.25, -0.2) is 26.3 Å². The Morgan fingerprint density at radius 3 is 2.38 bits per heavy atom. The number of aromatic nitrogens is 2. The van der Waals surface area contributed by atoms with Crippen molar-refractivity contribution in [1.29, 1.82) is 0 Å². The molecule has 2 heterocycles. The minimum Gasteiger partial charge on any atom is -0.347 e. The van der Waals surface area contributed by atoms with Gasteiger partial charge in [-0.2, -0.15) is 13.2 Å². The molecule has 0 saturated heterocycles. The second kappa shape index (κ2) is 9.61. The summed E-state index contributed by atoms with van der Waals surface area (Å²) in [5.74, 6) is 0. The summed E-state index contributed by atoms with van der Waals surface area (Å²) in [6, 6.07) is 4.99. The molecule has 1 saturated carbocycles. The lowest BCUT2D eigenvalue weighted by Crippen LogP contribution is -2.46. The average molecular weight is 548 g/mol. The van der Waals surface area contributed by atoms with E-state index in [9.17, 15) is 34.8 Å². The second-order valence-corrected chi connectivity index (χ2v) is 12.6. The molecule has 1 unspecified atom stereocenters. The van der Waals surface area contributed by atoms with Gasteiger partial charge in [-0.1, -0.05) is 39.0 Å². The summed E-state index contributed by atoms with van der Waals surface area (Å²) >= 11 is 0. The first-order valence-corrected chi connectivity index (χ1v) is 13.2. The van der Waals surface area contributed by atoms with E-state index in [2.05, 4.69) is 9.71 Å². The largest absolute Gasteiger partial charge is 0.433 e. The van der Waals surface area contributed by atoms with Crippen LogP contribution in [0.15, 0.2) is 42.7 Å². The number of rotatable bonds is 7. The van der Waals surface area contributed by atoms with E-state index in [1.165, 1.54) is 36.5 Å². The lowest BCUT2D eigenvalue weighted by atomic mass is 9.96. The number of hydrogen-bond donors (Lipinski definition) is 1. The van der Waals surface area contributed by atoms with Gasteiger partial charge in [0.1, 0.15) is 12.2 Å². The SMILES string of the molecule is CC(C)(C)Cn1cc(C(NS(=O)(=O)C2CC(F)C2)C(F)F)c2ccc(-c3cccnc3C(F)(F)F)cc21. The van der Waals surface area contributed by atoms with E-state index in [0.29, 0.717) is 12.1 Å². The molecule has 3 aromatic rings. The van der Waals surface area contributed by atoms with Crippen molar-refractivity contribution in [1.82, 2.24) is 14.3 Å². The highest BCUT2D eigenvalue weighted by Crippen LogP contribution is 2.39. The first-order valence-electron chi connectivity index (χ1n) is 11.7. The Hall–Kier alpha value is -2.60. The smallest absolute Gasteiger partial charge is 0.347 e. The Morgan fingerprint density at radius 1 is 1.14 bits per heavy atom. The molecule has 1 fully saturated rings. The maximum atomic E-state index is 14.2. The molecule has 12 heteroatoms. The van der Waals surface area contributed by atoms with E-state index in [1.54, 1.807) is 4.57 Å². The normalized spacial score (nSPS) is 19.8. The fourth-order valence-corrected chi connectivity index (χ4v) is 6.22. The van der Waals surface area contributed by atoms with Crippen LogP contribution >= 0.6 is 0 Å². The fourth-order valence-electron chi connectivity index (χ4n) is 4.52. The number of fused-ring (bicyclic) bond motifs is 1. The Morgan fingerprint density at radius 2 is 1.81 bits per heavy atom. The molecule has 2 aromatic heterocycles. The highest BCUT2D eigenvalue weighted by Gasteiger charge is 2.42. The molecular weight excluding hydrogens is 520 g/mol. The summed E-state index contributed by atoms with van der Waals surface area (Å²) in [6.07, 6.45) is -7.18. The van der Waals surface area contributed by atoms with Crippen LogP contribution in [0.1, 0.15) is 50.9 Å². The minimum absolute atomic E-state index is 0.0114. The van der Waals surface area contributed by atoms with E-state index < -0.39 is 45.8 Å². The zero-order valence-corrected chi connectivity index (χ0v) is 21.2. The number of nitrogens with one attached hydrogen (secondary N) is 1. The molecule has 0 bridgehead atoms. The maximum Gasteiger partial charge on any atom is 0.433 e.